The Morgan fingerprint density at radius 2 is 2.00 bits per heavy atom. The first-order chi connectivity index (χ1) is 9.02. The number of nitrogens with zero attached hydrogens (tertiary/aromatic N) is 4. The first-order valence-corrected chi connectivity index (χ1v) is 6.04. The van der Waals surface area contributed by atoms with Crippen molar-refractivity contribution in [3.8, 4) is 0 Å². The van der Waals surface area contributed by atoms with Crippen molar-refractivity contribution in [1.82, 2.24) is 18.9 Å². The maximum atomic E-state index is 11.9. The average molecular weight is 263 g/mol. The number of nitrogens with one attached hydrogen (secondary N) is 1. The minimum Gasteiger partial charge on any atom is -0.378 e. The number of aryl methyl sites for hydroxylation is 2. The topological polar surface area (TPSA) is 73.8 Å². The average Bonchev–Trinajstić information content (AvgIpc) is 2.87. The van der Waals surface area contributed by atoms with E-state index in [1.165, 1.54) is 11.6 Å². The molecule has 19 heavy (non-hydrogen) atoms. The molecule has 7 heteroatoms. The van der Waals surface area contributed by atoms with Gasteiger partial charge in [-0.05, 0) is 6.92 Å². The maximum Gasteiger partial charge on any atom is 0.330 e. The van der Waals surface area contributed by atoms with Crippen LogP contribution in [0, 0.1) is 0 Å². The molecule has 0 aliphatic carbocycles. The molecule has 0 aliphatic heterocycles. The van der Waals surface area contributed by atoms with Crippen molar-refractivity contribution in [3.63, 3.8) is 0 Å². The van der Waals surface area contributed by atoms with Crippen LogP contribution in [0.1, 0.15) is 12.5 Å². The van der Waals surface area contributed by atoms with E-state index in [2.05, 4.69) is 10.4 Å². The number of aromatic nitrogens is 4. The normalized spacial score (nSPS) is 10.7. The summed E-state index contributed by atoms with van der Waals surface area (Å²) in [5, 5.41) is 7.25. The van der Waals surface area contributed by atoms with Crippen LogP contribution in [0.15, 0.2) is 28.2 Å². The highest BCUT2D eigenvalue weighted by molar-refractivity contribution is 5.38. The molecule has 0 spiro atoms. The van der Waals surface area contributed by atoms with Crippen LogP contribution in [0.2, 0.25) is 0 Å². The monoisotopic (exact) mass is 263 g/mol. The van der Waals surface area contributed by atoms with Gasteiger partial charge in [0.25, 0.3) is 5.56 Å². The molecule has 2 heterocycles. The summed E-state index contributed by atoms with van der Waals surface area (Å²) in [6.45, 7) is 3.15. The fourth-order valence-corrected chi connectivity index (χ4v) is 1.83. The third-order valence-electron chi connectivity index (χ3n) is 2.96. The quantitative estimate of drug-likeness (QED) is 0.837. The highest BCUT2D eigenvalue weighted by atomic mass is 16.2. The first kappa shape index (κ1) is 13.1. The van der Waals surface area contributed by atoms with Crippen molar-refractivity contribution in [3.05, 3.63) is 45.0 Å². The van der Waals surface area contributed by atoms with E-state index in [9.17, 15) is 9.59 Å². The summed E-state index contributed by atoms with van der Waals surface area (Å²) in [5.41, 5.74) is 0.776. The zero-order valence-electron chi connectivity index (χ0n) is 11.3. The van der Waals surface area contributed by atoms with Crippen molar-refractivity contribution in [2.45, 2.75) is 20.0 Å². The van der Waals surface area contributed by atoms with Gasteiger partial charge in [0, 0.05) is 39.6 Å². The molecular weight excluding hydrogens is 246 g/mol. The molecule has 7 nitrogen and oxygen atoms in total. The van der Waals surface area contributed by atoms with E-state index < -0.39 is 0 Å². The van der Waals surface area contributed by atoms with Crippen LogP contribution in [0.25, 0.3) is 0 Å². The third-order valence-corrected chi connectivity index (χ3v) is 2.96. The van der Waals surface area contributed by atoms with Crippen molar-refractivity contribution in [2.24, 2.45) is 14.1 Å². The molecule has 0 atom stereocenters. The van der Waals surface area contributed by atoms with Gasteiger partial charge < -0.3 is 9.88 Å². The predicted octanol–water partition coefficient (Wildman–Crippen LogP) is -0.0875. The van der Waals surface area contributed by atoms with E-state index in [1.54, 1.807) is 24.1 Å². The summed E-state index contributed by atoms with van der Waals surface area (Å²) in [7, 11) is 3.10. The van der Waals surface area contributed by atoms with Crippen LogP contribution >= 0.6 is 0 Å². The Balaban J connectivity index is 2.20. The fraction of sp³-hybridized carbons (Fsp3) is 0.417. The second-order valence-corrected chi connectivity index (χ2v) is 4.35. The Morgan fingerprint density at radius 1 is 1.26 bits per heavy atom. The lowest BCUT2D eigenvalue weighted by Crippen LogP contribution is -2.38. The van der Waals surface area contributed by atoms with E-state index in [1.807, 2.05) is 13.1 Å². The van der Waals surface area contributed by atoms with Crippen LogP contribution in [-0.2, 0) is 27.2 Å². The van der Waals surface area contributed by atoms with Gasteiger partial charge in [-0.1, -0.05) is 0 Å². The molecule has 102 valence electrons. The molecule has 1 N–H and O–H groups in total. The summed E-state index contributed by atoms with van der Waals surface area (Å²) in [6, 6.07) is 0. The van der Waals surface area contributed by atoms with Gasteiger partial charge >= 0.3 is 5.69 Å². The fourth-order valence-electron chi connectivity index (χ4n) is 1.83. The molecule has 2 aromatic heterocycles. The largest absolute Gasteiger partial charge is 0.378 e. The molecular formula is C12H17N5O2. The molecule has 0 unspecified atom stereocenters. The van der Waals surface area contributed by atoms with Gasteiger partial charge in [0.15, 0.2) is 0 Å². The minimum absolute atomic E-state index is 0.279. The van der Waals surface area contributed by atoms with Crippen molar-refractivity contribution < 1.29 is 0 Å². The number of anilines is 1. The third kappa shape index (κ3) is 2.59. The molecule has 0 aliphatic rings. The number of hydrogen-bond donors (Lipinski definition) is 1. The summed E-state index contributed by atoms with van der Waals surface area (Å²) in [6.07, 6.45) is 5.13. The van der Waals surface area contributed by atoms with Crippen LogP contribution < -0.4 is 16.6 Å². The van der Waals surface area contributed by atoms with Gasteiger partial charge in [0.1, 0.15) is 0 Å². The molecule has 0 fully saturated rings. The lowest BCUT2D eigenvalue weighted by atomic mass is 10.3. The van der Waals surface area contributed by atoms with Crippen LogP contribution in [0.5, 0.6) is 0 Å². The van der Waals surface area contributed by atoms with Gasteiger partial charge in [-0.25, -0.2) is 4.79 Å². The smallest absolute Gasteiger partial charge is 0.330 e. The van der Waals surface area contributed by atoms with Crippen LogP contribution in [0.4, 0.5) is 5.69 Å². The maximum absolute atomic E-state index is 11.9. The Morgan fingerprint density at radius 3 is 2.63 bits per heavy atom. The van der Waals surface area contributed by atoms with Gasteiger partial charge in [0.05, 0.1) is 17.4 Å². The van der Waals surface area contributed by atoms with Gasteiger partial charge in [-0.15, -0.1) is 0 Å². The second kappa shape index (κ2) is 5.13. The predicted molar refractivity (Wildman–Crippen MR) is 72.2 cm³/mol. The molecule has 0 aromatic carbocycles. The minimum atomic E-state index is -0.326. The van der Waals surface area contributed by atoms with Crippen LogP contribution in [0.3, 0.4) is 0 Å². The standard InChI is InChI=1S/C12H17N5O2/c1-4-17-8-10(6-14-17)13-5-9-7-15(2)12(19)16(3)11(9)18/h6-8,13H,4-5H2,1-3H3. The van der Waals surface area contributed by atoms with E-state index in [0.717, 1.165) is 16.8 Å². The summed E-state index contributed by atoms with van der Waals surface area (Å²) >= 11 is 0. The zero-order valence-corrected chi connectivity index (χ0v) is 11.3. The zero-order chi connectivity index (χ0) is 14.0. The van der Waals surface area contributed by atoms with Gasteiger partial charge in [0.2, 0.25) is 0 Å². The Labute approximate surface area is 110 Å². The van der Waals surface area contributed by atoms with Crippen molar-refractivity contribution in [2.75, 3.05) is 5.32 Å². The van der Waals surface area contributed by atoms with E-state index in [-0.39, 0.29) is 11.2 Å². The van der Waals surface area contributed by atoms with E-state index in [0.29, 0.717) is 12.1 Å². The highest BCUT2D eigenvalue weighted by Crippen LogP contribution is 2.05. The molecule has 2 aromatic rings. The molecule has 0 amide bonds. The first-order valence-electron chi connectivity index (χ1n) is 6.04. The SMILES string of the molecule is CCn1cc(NCc2cn(C)c(=O)n(C)c2=O)cn1. The molecule has 0 saturated heterocycles. The Bertz CT molecular complexity index is 695. The van der Waals surface area contributed by atoms with E-state index >= 15 is 0 Å². The number of rotatable bonds is 4. The lowest BCUT2D eigenvalue weighted by Gasteiger charge is -2.07. The Kier molecular flexibility index (Phi) is 3.55. The summed E-state index contributed by atoms with van der Waals surface area (Å²) < 4.78 is 4.29. The molecule has 2 rings (SSSR count). The summed E-state index contributed by atoms with van der Waals surface area (Å²) in [4.78, 5) is 23.5. The second-order valence-electron chi connectivity index (χ2n) is 4.35. The van der Waals surface area contributed by atoms with Gasteiger partial charge in [-0.2, -0.15) is 5.10 Å². The molecule has 0 bridgehead atoms. The number of hydrogen-bond acceptors (Lipinski definition) is 4. The van der Waals surface area contributed by atoms with Crippen molar-refractivity contribution in [1.29, 1.82) is 0 Å². The lowest BCUT2D eigenvalue weighted by molar-refractivity contribution is 0.660. The van der Waals surface area contributed by atoms with Gasteiger partial charge in [-0.3, -0.25) is 14.0 Å². The highest BCUT2D eigenvalue weighted by Gasteiger charge is 2.06. The molecule has 0 saturated carbocycles. The Hall–Kier alpha value is -2.31. The summed E-state index contributed by atoms with van der Waals surface area (Å²) in [5.74, 6) is 0. The van der Waals surface area contributed by atoms with Crippen LogP contribution in [-0.4, -0.2) is 18.9 Å². The van der Waals surface area contributed by atoms with E-state index in [4.69, 9.17) is 0 Å². The van der Waals surface area contributed by atoms with Crippen molar-refractivity contribution >= 4 is 5.69 Å². The molecule has 0 radical (unpaired) electrons.